The molecule has 2 aliphatic rings. The molecule has 9 heteroatoms. The van der Waals surface area contributed by atoms with Crippen LogP contribution in [-0.4, -0.2) is 81.5 Å². The first-order valence-corrected chi connectivity index (χ1v) is 12.7. The fraction of sp³-hybridized carbons (Fsp3) is 0.538. The number of aromatic nitrogens is 4. The zero-order chi connectivity index (χ0) is 24.5. The Kier molecular flexibility index (Phi) is 6.60. The van der Waals surface area contributed by atoms with Crippen molar-refractivity contribution in [2.24, 2.45) is 0 Å². The van der Waals surface area contributed by atoms with Crippen molar-refractivity contribution in [1.29, 1.82) is 0 Å². The Morgan fingerprint density at radius 1 is 1.09 bits per heavy atom. The zero-order valence-corrected chi connectivity index (χ0v) is 21.2. The highest BCUT2D eigenvalue weighted by molar-refractivity contribution is 5.97. The minimum absolute atomic E-state index is 0. The third-order valence-electron chi connectivity index (χ3n) is 7.29. The summed E-state index contributed by atoms with van der Waals surface area (Å²) in [6.07, 6.45) is 8.21. The van der Waals surface area contributed by atoms with E-state index in [1.807, 2.05) is 18.3 Å². The Morgan fingerprint density at radius 2 is 1.83 bits per heavy atom. The van der Waals surface area contributed by atoms with Gasteiger partial charge in [0.1, 0.15) is 17.2 Å². The van der Waals surface area contributed by atoms with Gasteiger partial charge in [-0.15, -0.1) is 0 Å². The Hall–Kier alpha value is -3.20. The summed E-state index contributed by atoms with van der Waals surface area (Å²) in [7, 11) is 3.58. The van der Waals surface area contributed by atoms with Gasteiger partial charge in [0, 0.05) is 65.4 Å². The molecule has 0 spiro atoms. The monoisotopic (exact) mass is 478 g/mol. The summed E-state index contributed by atoms with van der Waals surface area (Å²) in [5.74, 6) is 1.19. The Balaban J connectivity index is 0.00000304. The average Bonchev–Trinajstić information content (AvgIpc) is 3.51. The molecule has 1 saturated carbocycles. The average molecular weight is 479 g/mol. The van der Waals surface area contributed by atoms with Crippen LogP contribution in [0.5, 0.6) is 0 Å². The van der Waals surface area contributed by atoms with Crippen molar-refractivity contribution in [1.82, 2.24) is 29.3 Å². The molecule has 1 aliphatic carbocycles. The fourth-order valence-electron chi connectivity index (χ4n) is 5.25. The van der Waals surface area contributed by atoms with E-state index in [4.69, 9.17) is 4.98 Å². The van der Waals surface area contributed by atoms with E-state index in [2.05, 4.69) is 49.6 Å². The Labute approximate surface area is 208 Å². The maximum atomic E-state index is 12.9. The number of pyridine rings is 1. The molecule has 188 valence electrons. The number of amides is 1. The molecule has 1 saturated heterocycles. The minimum Gasteiger partial charge on any atom is -0.368 e. The molecule has 0 bridgehead atoms. The van der Waals surface area contributed by atoms with E-state index in [1.54, 1.807) is 25.2 Å². The van der Waals surface area contributed by atoms with Crippen LogP contribution in [0.15, 0.2) is 30.6 Å². The lowest BCUT2D eigenvalue weighted by Crippen LogP contribution is -2.48. The number of rotatable bonds is 6. The molecular formula is C26H38N8O. The lowest BCUT2D eigenvalue weighted by atomic mass is 10.2. The molecule has 35 heavy (non-hydrogen) atoms. The summed E-state index contributed by atoms with van der Waals surface area (Å²) in [4.78, 5) is 33.4. The van der Waals surface area contributed by atoms with E-state index in [0.717, 1.165) is 55.7 Å². The fourth-order valence-corrected chi connectivity index (χ4v) is 5.25. The second kappa shape index (κ2) is 9.81. The van der Waals surface area contributed by atoms with Crippen LogP contribution in [0.25, 0.3) is 11.0 Å². The van der Waals surface area contributed by atoms with Crippen LogP contribution < -0.4 is 10.2 Å². The molecule has 5 rings (SSSR count). The first kappa shape index (κ1) is 23.5. The van der Waals surface area contributed by atoms with Crippen molar-refractivity contribution in [3.8, 4) is 0 Å². The van der Waals surface area contributed by atoms with Gasteiger partial charge in [-0.25, -0.2) is 9.97 Å². The lowest BCUT2D eigenvalue weighted by Gasteiger charge is -2.38. The first-order valence-electron chi connectivity index (χ1n) is 12.7. The molecule has 1 N–H and O–H groups in total. The topological polar surface area (TPSA) is 82.4 Å². The summed E-state index contributed by atoms with van der Waals surface area (Å²) >= 11 is 0. The number of nitrogens with zero attached hydrogens (tertiary/aromatic N) is 7. The van der Waals surface area contributed by atoms with Crippen molar-refractivity contribution >= 4 is 34.4 Å². The van der Waals surface area contributed by atoms with Crippen LogP contribution >= 0.6 is 0 Å². The number of carbonyl (C=O) groups is 1. The second-order valence-corrected chi connectivity index (χ2v) is 10.2. The van der Waals surface area contributed by atoms with Gasteiger partial charge in [0.15, 0.2) is 0 Å². The molecule has 1 aliphatic heterocycles. The SMILES string of the molecule is CC(C)N1CCN(c2ccc(Nc3ncc4cc(C(=O)N(C)C)n(C5CCCC5)c4n3)nc2)CC1.[HH]. The van der Waals surface area contributed by atoms with Crippen LogP contribution in [0.4, 0.5) is 17.5 Å². The van der Waals surface area contributed by atoms with E-state index >= 15 is 0 Å². The predicted molar refractivity (Wildman–Crippen MR) is 142 cm³/mol. The van der Waals surface area contributed by atoms with Gasteiger partial charge in [0.25, 0.3) is 5.91 Å². The summed E-state index contributed by atoms with van der Waals surface area (Å²) < 4.78 is 2.13. The summed E-state index contributed by atoms with van der Waals surface area (Å²) in [5, 5.41) is 4.14. The lowest BCUT2D eigenvalue weighted by molar-refractivity contribution is 0.0815. The minimum atomic E-state index is -0.00380. The van der Waals surface area contributed by atoms with Gasteiger partial charge in [0.05, 0.1) is 11.9 Å². The Morgan fingerprint density at radius 3 is 2.46 bits per heavy atom. The highest BCUT2D eigenvalue weighted by Gasteiger charge is 2.26. The quantitative estimate of drug-likeness (QED) is 0.569. The van der Waals surface area contributed by atoms with Gasteiger partial charge in [-0.3, -0.25) is 9.69 Å². The third-order valence-corrected chi connectivity index (χ3v) is 7.29. The summed E-state index contributed by atoms with van der Waals surface area (Å²) in [6.45, 7) is 8.68. The maximum absolute atomic E-state index is 12.9. The van der Waals surface area contributed by atoms with Crippen LogP contribution in [0.3, 0.4) is 0 Å². The molecule has 9 nitrogen and oxygen atoms in total. The van der Waals surface area contributed by atoms with Crippen molar-refractivity contribution in [3.05, 3.63) is 36.3 Å². The van der Waals surface area contributed by atoms with Crippen LogP contribution in [0.1, 0.15) is 57.5 Å². The first-order chi connectivity index (χ1) is 16.9. The van der Waals surface area contributed by atoms with Gasteiger partial charge in [-0.05, 0) is 44.9 Å². The van der Waals surface area contributed by atoms with Crippen molar-refractivity contribution in [3.63, 3.8) is 0 Å². The summed E-state index contributed by atoms with van der Waals surface area (Å²) in [5.41, 5.74) is 2.62. The number of anilines is 3. The van der Waals surface area contributed by atoms with Crippen molar-refractivity contribution in [2.45, 2.75) is 51.6 Å². The van der Waals surface area contributed by atoms with Gasteiger partial charge < -0.3 is 19.7 Å². The predicted octanol–water partition coefficient (Wildman–Crippen LogP) is 4.16. The van der Waals surface area contributed by atoms with E-state index in [9.17, 15) is 4.79 Å². The highest BCUT2D eigenvalue weighted by atomic mass is 16.2. The van der Waals surface area contributed by atoms with Gasteiger partial charge >= 0.3 is 0 Å². The largest absolute Gasteiger partial charge is 0.368 e. The molecule has 3 aromatic rings. The van der Waals surface area contributed by atoms with Gasteiger partial charge in [-0.2, -0.15) is 4.98 Å². The van der Waals surface area contributed by atoms with Crippen LogP contribution in [-0.2, 0) is 0 Å². The van der Waals surface area contributed by atoms with Crippen LogP contribution in [0.2, 0.25) is 0 Å². The van der Waals surface area contributed by atoms with E-state index in [1.165, 1.54) is 12.8 Å². The number of hydrogen-bond acceptors (Lipinski definition) is 7. The molecule has 0 aromatic carbocycles. The maximum Gasteiger partial charge on any atom is 0.270 e. The van der Waals surface area contributed by atoms with Crippen molar-refractivity contribution in [2.75, 3.05) is 50.5 Å². The molecule has 0 unspecified atom stereocenters. The number of carbonyl (C=O) groups excluding carboxylic acids is 1. The Bertz CT molecular complexity index is 1180. The summed E-state index contributed by atoms with van der Waals surface area (Å²) in [6, 6.07) is 6.89. The molecule has 4 heterocycles. The molecular weight excluding hydrogens is 440 g/mol. The molecule has 0 radical (unpaired) electrons. The van der Waals surface area contributed by atoms with E-state index in [-0.39, 0.29) is 7.33 Å². The van der Waals surface area contributed by atoms with Gasteiger partial charge in [-0.1, -0.05) is 12.8 Å². The van der Waals surface area contributed by atoms with E-state index in [0.29, 0.717) is 29.5 Å². The van der Waals surface area contributed by atoms with E-state index < -0.39 is 0 Å². The van der Waals surface area contributed by atoms with Crippen molar-refractivity contribution < 1.29 is 6.22 Å². The standard InChI is InChI=1S/C26H36N8O.H2/c1-18(2)32-11-13-33(14-12-32)21-9-10-23(27-17-21)29-26-28-16-19-15-22(25(35)31(3)4)34(24(19)30-26)20-7-5-6-8-20;/h9-10,15-18,20H,5-8,11-14H2,1-4H3,(H,27,28,29,30);1H. The normalized spacial score (nSPS) is 17.5. The molecule has 3 aromatic heterocycles. The second-order valence-electron chi connectivity index (χ2n) is 10.2. The smallest absolute Gasteiger partial charge is 0.270 e. The molecule has 0 atom stereocenters. The van der Waals surface area contributed by atoms with Crippen LogP contribution in [0, 0.1) is 0 Å². The zero-order valence-electron chi connectivity index (χ0n) is 21.2. The number of hydrogen-bond donors (Lipinski definition) is 1. The number of nitrogens with one attached hydrogen (secondary N) is 1. The number of piperazine rings is 1. The number of fused-ring (bicyclic) bond motifs is 1. The highest BCUT2D eigenvalue weighted by Crippen LogP contribution is 2.35. The molecule has 1 amide bonds. The van der Waals surface area contributed by atoms with Gasteiger partial charge in [0.2, 0.25) is 5.95 Å². The molecule has 2 fully saturated rings. The third kappa shape index (κ3) is 4.82.